The first kappa shape index (κ1) is 22.2. The van der Waals surface area contributed by atoms with Gasteiger partial charge in [-0.15, -0.1) is 0 Å². The van der Waals surface area contributed by atoms with Gasteiger partial charge in [0.25, 0.3) is 0 Å². The van der Waals surface area contributed by atoms with E-state index in [1.165, 1.54) is 11.1 Å². The van der Waals surface area contributed by atoms with Crippen LogP contribution in [0, 0.1) is 6.92 Å². The average Bonchev–Trinajstić information content (AvgIpc) is 3.41. The molecule has 34 heavy (non-hydrogen) atoms. The van der Waals surface area contributed by atoms with Crippen LogP contribution in [0.2, 0.25) is 0 Å². The zero-order chi connectivity index (χ0) is 23.3. The van der Waals surface area contributed by atoms with Crippen LogP contribution in [0.25, 0.3) is 11.0 Å². The topological polar surface area (TPSA) is 47.4 Å². The molecule has 174 valence electrons. The van der Waals surface area contributed by atoms with Crippen LogP contribution in [-0.2, 0) is 17.8 Å². The van der Waals surface area contributed by atoms with E-state index in [0.29, 0.717) is 13.0 Å². The highest BCUT2D eigenvalue weighted by Gasteiger charge is 2.33. The second kappa shape index (κ2) is 10.1. The van der Waals surface area contributed by atoms with Gasteiger partial charge in [-0.25, -0.2) is 4.98 Å². The molecule has 0 aliphatic carbocycles. The van der Waals surface area contributed by atoms with Gasteiger partial charge in [-0.2, -0.15) is 0 Å². The number of nitrogens with zero attached hydrogens (tertiary/aromatic N) is 3. The van der Waals surface area contributed by atoms with E-state index in [9.17, 15) is 4.79 Å². The number of carbonyl (C=O) groups excluding carboxylic acids is 1. The molecule has 1 fully saturated rings. The highest BCUT2D eigenvalue weighted by Crippen LogP contribution is 2.30. The average molecular weight is 454 g/mol. The molecular formula is C29H31N3O2. The minimum atomic E-state index is 0.119. The van der Waals surface area contributed by atoms with Gasteiger partial charge < -0.3 is 14.2 Å². The van der Waals surface area contributed by atoms with Gasteiger partial charge in [0, 0.05) is 32.0 Å². The Balaban J connectivity index is 1.27. The van der Waals surface area contributed by atoms with Gasteiger partial charge in [-0.1, -0.05) is 54.6 Å². The molecule has 1 saturated heterocycles. The third-order valence-corrected chi connectivity index (χ3v) is 6.56. The van der Waals surface area contributed by atoms with Crippen molar-refractivity contribution in [3.63, 3.8) is 0 Å². The molecule has 1 atom stereocenters. The first-order valence-electron chi connectivity index (χ1n) is 12.1. The normalized spacial score (nSPS) is 15.9. The Morgan fingerprint density at radius 3 is 2.65 bits per heavy atom. The third-order valence-electron chi connectivity index (χ3n) is 6.56. The van der Waals surface area contributed by atoms with Crippen LogP contribution in [0.15, 0.2) is 78.9 Å². The molecule has 0 spiro atoms. The Kier molecular flexibility index (Phi) is 6.61. The predicted molar refractivity (Wildman–Crippen MR) is 135 cm³/mol. The Hall–Kier alpha value is -3.60. The molecule has 3 aromatic carbocycles. The zero-order valence-corrected chi connectivity index (χ0v) is 19.7. The molecule has 1 amide bonds. The lowest BCUT2D eigenvalue weighted by molar-refractivity contribution is -0.127. The summed E-state index contributed by atoms with van der Waals surface area (Å²) in [5.41, 5.74) is 4.58. The van der Waals surface area contributed by atoms with Crippen molar-refractivity contribution in [3.05, 3.63) is 95.8 Å². The van der Waals surface area contributed by atoms with Crippen molar-refractivity contribution in [1.29, 1.82) is 0 Å². The fourth-order valence-corrected chi connectivity index (χ4v) is 4.83. The van der Waals surface area contributed by atoms with Crippen LogP contribution >= 0.6 is 0 Å². The minimum absolute atomic E-state index is 0.119. The molecule has 5 heteroatoms. The van der Waals surface area contributed by atoms with Gasteiger partial charge in [0.1, 0.15) is 11.6 Å². The van der Waals surface area contributed by atoms with E-state index in [2.05, 4.69) is 66.1 Å². The SMILES string of the molecule is Cc1cccc(OCCCn2c(C3CC(=O)N(CCc4ccccc4)C3)nc3ccccc32)c1. The van der Waals surface area contributed by atoms with Crippen molar-refractivity contribution >= 4 is 16.9 Å². The minimum Gasteiger partial charge on any atom is -0.494 e. The lowest BCUT2D eigenvalue weighted by atomic mass is 10.1. The standard InChI is InChI=1S/C29H31N3O2/c1-22-9-7-12-25(19-22)34-18-8-16-32-27-14-6-5-13-26(27)30-29(32)24-20-28(33)31(21-24)17-15-23-10-3-2-4-11-23/h2-7,9-14,19,24H,8,15-18,20-21H2,1H3. The van der Waals surface area contributed by atoms with Crippen LogP contribution in [0.1, 0.15) is 35.7 Å². The molecule has 1 aliphatic heterocycles. The molecule has 0 saturated carbocycles. The van der Waals surface area contributed by atoms with Gasteiger partial charge in [0.05, 0.1) is 17.6 Å². The number of benzene rings is 3. The molecule has 0 radical (unpaired) electrons. The maximum Gasteiger partial charge on any atom is 0.223 e. The number of rotatable bonds is 9. The number of fused-ring (bicyclic) bond motifs is 1. The van der Waals surface area contributed by atoms with Gasteiger partial charge in [0.15, 0.2) is 0 Å². The quantitative estimate of drug-likeness (QED) is 0.320. The van der Waals surface area contributed by atoms with Gasteiger partial charge >= 0.3 is 0 Å². The monoisotopic (exact) mass is 453 g/mol. The number of amides is 1. The second-order valence-electron chi connectivity index (χ2n) is 9.11. The van der Waals surface area contributed by atoms with E-state index in [0.717, 1.165) is 55.1 Å². The van der Waals surface area contributed by atoms with E-state index in [1.54, 1.807) is 0 Å². The number of aryl methyl sites for hydroxylation is 2. The maximum absolute atomic E-state index is 12.8. The molecule has 1 aromatic heterocycles. The summed E-state index contributed by atoms with van der Waals surface area (Å²) in [6.07, 6.45) is 2.28. The molecule has 1 aliphatic rings. The highest BCUT2D eigenvalue weighted by atomic mass is 16.5. The Bertz CT molecular complexity index is 1260. The summed E-state index contributed by atoms with van der Waals surface area (Å²) in [6, 6.07) is 26.8. The molecule has 0 bridgehead atoms. The highest BCUT2D eigenvalue weighted by molar-refractivity contribution is 5.81. The lowest BCUT2D eigenvalue weighted by Gasteiger charge is -2.17. The maximum atomic E-state index is 12.8. The molecule has 5 nitrogen and oxygen atoms in total. The molecule has 1 unspecified atom stereocenters. The third kappa shape index (κ3) is 4.98. The van der Waals surface area contributed by atoms with Gasteiger partial charge in [-0.3, -0.25) is 4.79 Å². The second-order valence-corrected chi connectivity index (χ2v) is 9.11. The largest absolute Gasteiger partial charge is 0.494 e. The van der Waals surface area contributed by atoms with Crippen molar-refractivity contribution < 1.29 is 9.53 Å². The summed E-state index contributed by atoms with van der Waals surface area (Å²) in [4.78, 5) is 19.8. The van der Waals surface area contributed by atoms with E-state index in [1.807, 2.05) is 29.2 Å². The number of aromatic nitrogens is 2. The summed E-state index contributed by atoms with van der Waals surface area (Å²) in [7, 11) is 0. The van der Waals surface area contributed by atoms with E-state index < -0.39 is 0 Å². The molecular weight excluding hydrogens is 422 g/mol. The van der Waals surface area contributed by atoms with E-state index in [4.69, 9.17) is 9.72 Å². The zero-order valence-electron chi connectivity index (χ0n) is 19.7. The van der Waals surface area contributed by atoms with Crippen molar-refractivity contribution in [1.82, 2.24) is 14.5 Å². The lowest BCUT2D eigenvalue weighted by Crippen LogP contribution is -2.27. The van der Waals surface area contributed by atoms with E-state index in [-0.39, 0.29) is 11.8 Å². The van der Waals surface area contributed by atoms with Crippen LogP contribution in [0.5, 0.6) is 5.75 Å². The Morgan fingerprint density at radius 2 is 1.79 bits per heavy atom. The van der Waals surface area contributed by atoms with Gasteiger partial charge in [0.2, 0.25) is 5.91 Å². The molecule has 5 rings (SSSR count). The summed E-state index contributed by atoms with van der Waals surface area (Å²) >= 11 is 0. The summed E-state index contributed by atoms with van der Waals surface area (Å²) in [5, 5.41) is 0. The first-order valence-corrected chi connectivity index (χ1v) is 12.1. The van der Waals surface area contributed by atoms with Crippen molar-refractivity contribution in [2.75, 3.05) is 19.7 Å². The molecule has 4 aromatic rings. The van der Waals surface area contributed by atoms with Crippen molar-refractivity contribution in [2.45, 2.75) is 38.6 Å². The Morgan fingerprint density at radius 1 is 0.971 bits per heavy atom. The Labute approximate surface area is 201 Å². The predicted octanol–water partition coefficient (Wildman–Crippen LogP) is 5.37. The van der Waals surface area contributed by atoms with Gasteiger partial charge in [-0.05, 0) is 55.2 Å². The van der Waals surface area contributed by atoms with Crippen molar-refractivity contribution in [2.24, 2.45) is 0 Å². The molecule has 0 N–H and O–H groups in total. The van der Waals surface area contributed by atoms with Crippen LogP contribution in [0.4, 0.5) is 0 Å². The number of hydrogen-bond donors (Lipinski definition) is 0. The van der Waals surface area contributed by atoms with Crippen molar-refractivity contribution in [3.8, 4) is 5.75 Å². The number of imidazole rings is 1. The molecule has 2 heterocycles. The van der Waals surface area contributed by atoms with E-state index >= 15 is 0 Å². The van der Waals surface area contributed by atoms with Crippen LogP contribution in [0.3, 0.4) is 0 Å². The number of ether oxygens (including phenoxy) is 1. The van der Waals surface area contributed by atoms with Crippen LogP contribution < -0.4 is 4.74 Å². The number of para-hydroxylation sites is 2. The smallest absolute Gasteiger partial charge is 0.223 e. The first-order chi connectivity index (χ1) is 16.7. The van der Waals surface area contributed by atoms with Crippen LogP contribution in [-0.4, -0.2) is 40.1 Å². The number of hydrogen-bond acceptors (Lipinski definition) is 3. The fraction of sp³-hybridized carbons (Fsp3) is 0.310. The fourth-order valence-electron chi connectivity index (χ4n) is 4.83. The summed E-state index contributed by atoms with van der Waals surface area (Å²) in [6.45, 7) is 5.01. The number of carbonyl (C=O) groups is 1. The number of likely N-dealkylation sites (tertiary alicyclic amines) is 1. The summed E-state index contributed by atoms with van der Waals surface area (Å²) in [5.74, 6) is 2.27. The summed E-state index contributed by atoms with van der Waals surface area (Å²) < 4.78 is 8.27.